The number of rotatable bonds is 2. The van der Waals surface area contributed by atoms with E-state index in [0.717, 1.165) is 43.1 Å². The van der Waals surface area contributed by atoms with Gasteiger partial charge in [-0.1, -0.05) is 24.6 Å². The summed E-state index contributed by atoms with van der Waals surface area (Å²) in [7, 11) is 1.99. The monoisotopic (exact) mass is 371 g/mol. The van der Waals surface area contributed by atoms with Crippen LogP contribution in [-0.2, 0) is 20.0 Å². The molecule has 0 amide bonds. The predicted octanol–water partition coefficient (Wildman–Crippen LogP) is 4.00. The average Bonchev–Trinajstić information content (AvgIpc) is 3.15. The molecule has 142 valence electrons. The molecule has 0 atom stereocenters. The van der Waals surface area contributed by atoms with E-state index in [1.807, 2.05) is 17.9 Å². The highest BCUT2D eigenvalue weighted by atomic mass is 15.2. The van der Waals surface area contributed by atoms with Crippen molar-refractivity contribution in [1.29, 1.82) is 0 Å². The average molecular weight is 371 g/mol. The predicted molar refractivity (Wildman–Crippen MR) is 112 cm³/mol. The molecule has 0 bridgehead atoms. The highest BCUT2D eigenvalue weighted by Gasteiger charge is 2.27. The van der Waals surface area contributed by atoms with E-state index in [0.29, 0.717) is 0 Å². The number of aryl methyl sites for hydroxylation is 1. The van der Waals surface area contributed by atoms with E-state index in [2.05, 4.69) is 51.0 Å². The van der Waals surface area contributed by atoms with Crippen molar-refractivity contribution in [3.8, 4) is 11.1 Å². The van der Waals surface area contributed by atoms with Gasteiger partial charge in [-0.05, 0) is 42.2 Å². The molecule has 2 aliphatic rings. The zero-order valence-electron chi connectivity index (χ0n) is 16.3. The Kier molecular flexibility index (Phi) is 3.60. The number of hydrogen-bond donors (Lipinski definition) is 0. The van der Waals surface area contributed by atoms with Crippen LogP contribution >= 0.6 is 0 Å². The standard InChI is InChI=1S/C23H25N5/c1-26-22-14-17(5-6-18(22)15-24-26)16-7-8-21-20(13-16)25-23-9-10-27(11-12-28(21)23)19-3-2-4-19/h5-8,13-15,19H,2-4,9-12H2,1H3. The quantitative estimate of drug-likeness (QED) is 0.535. The van der Waals surface area contributed by atoms with Crippen LogP contribution in [-0.4, -0.2) is 43.4 Å². The molecule has 6 rings (SSSR count). The number of aromatic nitrogens is 4. The first-order valence-corrected chi connectivity index (χ1v) is 10.4. The third kappa shape index (κ3) is 2.49. The minimum atomic E-state index is 0.824. The Morgan fingerprint density at radius 1 is 0.929 bits per heavy atom. The molecule has 5 nitrogen and oxygen atoms in total. The highest BCUT2D eigenvalue weighted by molar-refractivity contribution is 5.87. The van der Waals surface area contributed by atoms with Gasteiger partial charge in [0.25, 0.3) is 0 Å². The summed E-state index contributed by atoms with van der Waals surface area (Å²) in [5.74, 6) is 1.25. The largest absolute Gasteiger partial charge is 0.327 e. The van der Waals surface area contributed by atoms with E-state index in [1.165, 1.54) is 47.1 Å². The Labute approximate surface area is 164 Å². The fraction of sp³-hybridized carbons (Fsp3) is 0.391. The van der Waals surface area contributed by atoms with E-state index in [9.17, 15) is 0 Å². The van der Waals surface area contributed by atoms with Gasteiger partial charge in [0.2, 0.25) is 0 Å². The molecule has 0 spiro atoms. The molecule has 1 aliphatic carbocycles. The molecule has 1 fully saturated rings. The highest BCUT2D eigenvalue weighted by Crippen LogP contribution is 2.30. The second-order valence-corrected chi connectivity index (χ2v) is 8.30. The lowest BCUT2D eigenvalue weighted by molar-refractivity contribution is 0.130. The second-order valence-electron chi connectivity index (χ2n) is 8.30. The van der Waals surface area contributed by atoms with Crippen molar-refractivity contribution in [2.24, 2.45) is 7.05 Å². The smallest absolute Gasteiger partial charge is 0.111 e. The number of nitrogens with zero attached hydrogens (tertiary/aromatic N) is 5. The second kappa shape index (κ2) is 6.17. The summed E-state index contributed by atoms with van der Waals surface area (Å²) >= 11 is 0. The first-order valence-electron chi connectivity index (χ1n) is 10.4. The summed E-state index contributed by atoms with van der Waals surface area (Å²) in [6.45, 7) is 3.36. The van der Waals surface area contributed by atoms with Crippen LogP contribution in [0, 0.1) is 0 Å². The Balaban J connectivity index is 1.35. The number of hydrogen-bond acceptors (Lipinski definition) is 3. The lowest BCUT2D eigenvalue weighted by Crippen LogP contribution is -2.41. The maximum absolute atomic E-state index is 5.03. The van der Waals surface area contributed by atoms with Gasteiger partial charge < -0.3 is 4.57 Å². The van der Waals surface area contributed by atoms with Crippen molar-refractivity contribution in [3.05, 3.63) is 48.4 Å². The zero-order chi connectivity index (χ0) is 18.7. The van der Waals surface area contributed by atoms with E-state index in [-0.39, 0.29) is 0 Å². The third-order valence-electron chi connectivity index (χ3n) is 6.73. The lowest BCUT2D eigenvalue weighted by atomic mass is 9.91. The summed E-state index contributed by atoms with van der Waals surface area (Å²) in [6.07, 6.45) is 7.14. The molecule has 1 aliphatic heterocycles. The molecule has 0 radical (unpaired) electrons. The van der Waals surface area contributed by atoms with Gasteiger partial charge in [0, 0.05) is 44.5 Å². The third-order valence-corrected chi connectivity index (χ3v) is 6.73. The summed E-state index contributed by atoms with van der Waals surface area (Å²) in [6, 6.07) is 14.1. The number of fused-ring (bicyclic) bond motifs is 4. The van der Waals surface area contributed by atoms with Crippen molar-refractivity contribution < 1.29 is 0 Å². The fourth-order valence-corrected chi connectivity index (χ4v) is 4.82. The van der Waals surface area contributed by atoms with Crippen LogP contribution in [0.4, 0.5) is 0 Å². The van der Waals surface area contributed by atoms with Crippen molar-refractivity contribution in [2.45, 2.75) is 38.3 Å². The lowest BCUT2D eigenvalue weighted by Gasteiger charge is -2.36. The van der Waals surface area contributed by atoms with Gasteiger partial charge in [-0.3, -0.25) is 9.58 Å². The molecule has 2 aromatic carbocycles. The van der Waals surface area contributed by atoms with Gasteiger partial charge in [0.15, 0.2) is 0 Å². The van der Waals surface area contributed by atoms with Crippen LogP contribution in [0.25, 0.3) is 33.1 Å². The van der Waals surface area contributed by atoms with Crippen LogP contribution in [0.5, 0.6) is 0 Å². The van der Waals surface area contributed by atoms with Gasteiger partial charge in [-0.15, -0.1) is 0 Å². The number of imidazole rings is 1. The molecule has 0 unspecified atom stereocenters. The first kappa shape index (κ1) is 16.3. The van der Waals surface area contributed by atoms with Gasteiger partial charge in [-0.2, -0.15) is 5.10 Å². The zero-order valence-corrected chi connectivity index (χ0v) is 16.3. The summed E-state index contributed by atoms with van der Waals surface area (Å²) < 4.78 is 4.38. The Morgan fingerprint density at radius 3 is 2.64 bits per heavy atom. The van der Waals surface area contributed by atoms with Gasteiger partial charge >= 0.3 is 0 Å². The molecule has 28 heavy (non-hydrogen) atoms. The van der Waals surface area contributed by atoms with Crippen molar-refractivity contribution in [3.63, 3.8) is 0 Å². The summed E-state index contributed by atoms with van der Waals surface area (Å²) in [5, 5.41) is 5.54. The molecule has 5 heteroatoms. The van der Waals surface area contributed by atoms with Crippen molar-refractivity contribution in [2.75, 3.05) is 13.1 Å². The van der Waals surface area contributed by atoms with Crippen molar-refractivity contribution >= 4 is 21.9 Å². The van der Waals surface area contributed by atoms with E-state index >= 15 is 0 Å². The van der Waals surface area contributed by atoms with Crippen LogP contribution < -0.4 is 0 Å². The van der Waals surface area contributed by atoms with Gasteiger partial charge in [-0.25, -0.2) is 4.98 Å². The maximum Gasteiger partial charge on any atom is 0.111 e. The van der Waals surface area contributed by atoms with Gasteiger partial charge in [0.1, 0.15) is 5.82 Å². The molecule has 2 aromatic heterocycles. The van der Waals surface area contributed by atoms with Crippen LogP contribution in [0.15, 0.2) is 42.6 Å². The number of benzene rings is 2. The van der Waals surface area contributed by atoms with E-state index in [1.54, 1.807) is 0 Å². The SMILES string of the molecule is Cn1ncc2ccc(-c3ccc4c(c3)nc3n4CCN(C4CCC4)CC3)cc21. The Morgan fingerprint density at radius 2 is 1.79 bits per heavy atom. The molecule has 1 saturated carbocycles. The van der Waals surface area contributed by atoms with E-state index in [4.69, 9.17) is 4.98 Å². The molecule has 3 heterocycles. The van der Waals surface area contributed by atoms with Crippen LogP contribution in [0.3, 0.4) is 0 Å². The Hall–Kier alpha value is -2.66. The topological polar surface area (TPSA) is 38.9 Å². The van der Waals surface area contributed by atoms with Crippen LogP contribution in [0.1, 0.15) is 25.1 Å². The fourth-order valence-electron chi connectivity index (χ4n) is 4.82. The minimum absolute atomic E-state index is 0.824. The maximum atomic E-state index is 5.03. The summed E-state index contributed by atoms with van der Waals surface area (Å²) in [4.78, 5) is 7.71. The molecular weight excluding hydrogens is 346 g/mol. The molecule has 0 saturated heterocycles. The molecular formula is C23H25N5. The van der Waals surface area contributed by atoms with E-state index < -0.39 is 0 Å². The molecule has 4 aromatic rings. The van der Waals surface area contributed by atoms with Crippen molar-refractivity contribution in [1.82, 2.24) is 24.2 Å². The van der Waals surface area contributed by atoms with Gasteiger partial charge in [0.05, 0.1) is 22.7 Å². The Bertz CT molecular complexity index is 1180. The summed E-state index contributed by atoms with van der Waals surface area (Å²) in [5.41, 5.74) is 6.00. The first-order chi connectivity index (χ1) is 13.8. The molecule has 0 N–H and O–H groups in total. The normalized spacial score (nSPS) is 18.3. The van der Waals surface area contributed by atoms with Crippen LogP contribution in [0.2, 0.25) is 0 Å². The minimum Gasteiger partial charge on any atom is -0.327 e.